The summed E-state index contributed by atoms with van der Waals surface area (Å²) in [6.07, 6.45) is 1.43. The summed E-state index contributed by atoms with van der Waals surface area (Å²) in [5, 5.41) is 2.75. The normalized spacial score (nSPS) is 17.1. The van der Waals surface area contributed by atoms with Gasteiger partial charge in [-0.05, 0) is 18.1 Å². The number of furan rings is 1. The van der Waals surface area contributed by atoms with Crippen molar-refractivity contribution in [2.24, 2.45) is 5.92 Å². The minimum atomic E-state index is -0.550. The second-order valence-corrected chi connectivity index (χ2v) is 5.11. The van der Waals surface area contributed by atoms with Crippen LogP contribution in [0.25, 0.3) is 0 Å². The molecule has 1 aromatic heterocycles. The van der Waals surface area contributed by atoms with Crippen molar-refractivity contribution in [3.63, 3.8) is 0 Å². The number of carbonyl (C=O) groups is 2. The standard InChI is InChI=1S/C14H20N2O4/c1-10(2)12(14(18)16-5-8-19-9-6-16)15-13(17)11-4-3-7-20-11/h3-4,7,10,12H,5-6,8-9H2,1-2H3,(H,15,17)/t12-/m1/s1. The molecule has 1 aliphatic rings. The molecule has 6 heteroatoms. The molecule has 1 atom stereocenters. The highest BCUT2D eigenvalue weighted by atomic mass is 16.5. The summed E-state index contributed by atoms with van der Waals surface area (Å²) in [6.45, 7) is 6.04. The van der Waals surface area contributed by atoms with Crippen molar-refractivity contribution in [1.82, 2.24) is 10.2 Å². The van der Waals surface area contributed by atoms with Gasteiger partial charge in [-0.25, -0.2) is 0 Å². The average molecular weight is 280 g/mol. The van der Waals surface area contributed by atoms with E-state index < -0.39 is 6.04 Å². The number of hydrogen-bond acceptors (Lipinski definition) is 4. The molecule has 1 aliphatic heterocycles. The lowest BCUT2D eigenvalue weighted by molar-refractivity contribution is -0.138. The zero-order valence-electron chi connectivity index (χ0n) is 11.8. The first-order valence-electron chi connectivity index (χ1n) is 6.80. The van der Waals surface area contributed by atoms with Crippen molar-refractivity contribution < 1.29 is 18.7 Å². The molecule has 1 aromatic rings. The molecule has 6 nitrogen and oxygen atoms in total. The SMILES string of the molecule is CC(C)[C@@H](NC(=O)c1ccco1)C(=O)N1CCOCC1. The largest absolute Gasteiger partial charge is 0.459 e. The van der Waals surface area contributed by atoms with Gasteiger partial charge < -0.3 is 19.4 Å². The molecule has 0 aromatic carbocycles. The van der Waals surface area contributed by atoms with E-state index in [1.165, 1.54) is 6.26 Å². The monoisotopic (exact) mass is 280 g/mol. The summed E-state index contributed by atoms with van der Waals surface area (Å²) in [6, 6.07) is 2.67. The summed E-state index contributed by atoms with van der Waals surface area (Å²) >= 11 is 0. The number of amides is 2. The first-order chi connectivity index (χ1) is 9.59. The third kappa shape index (κ3) is 3.39. The highest BCUT2D eigenvalue weighted by molar-refractivity contribution is 5.95. The Hall–Kier alpha value is -1.82. The summed E-state index contributed by atoms with van der Waals surface area (Å²) in [5.74, 6) is -0.215. The quantitative estimate of drug-likeness (QED) is 0.889. The van der Waals surface area contributed by atoms with E-state index in [1.54, 1.807) is 17.0 Å². The zero-order valence-corrected chi connectivity index (χ0v) is 11.8. The Balaban J connectivity index is 2.02. The molecular formula is C14H20N2O4. The van der Waals surface area contributed by atoms with Gasteiger partial charge in [0.25, 0.3) is 5.91 Å². The van der Waals surface area contributed by atoms with Crippen molar-refractivity contribution in [3.8, 4) is 0 Å². The van der Waals surface area contributed by atoms with Gasteiger partial charge in [-0.15, -0.1) is 0 Å². The van der Waals surface area contributed by atoms with E-state index in [4.69, 9.17) is 9.15 Å². The van der Waals surface area contributed by atoms with Gasteiger partial charge in [-0.2, -0.15) is 0 Å². The summed E-state index contributed by atoms with van der Waals surface area (Å²) < 4.78 is 10.3. The number of carbonyl (C=O) groups excluding carboxylic acids is 2. The summed E-state index contributed by atoms with van der Waals surface area (Å²) in [5.41, 5.74) is 0. The Kier molecular flexibility index (Phi) is 4.79. The Bertz CT molecular complexity index is 450. The van der Waals surface area contributed by atoms with Crippen molar-refractivity contribution in [1.29, 1.82) is 0 Å². The first kappa shape index (κ1) is 14.6. The van der Waals surface area contributed by atoms with Gasteiger partial charge in [0, 0.05) is 13.1 Å². The molecule has 0 saturated carbocycles. The molecule has 0 radical (unpaired) electrons. The Morgan fingerprint density at radius 3 is 2.55 bits per heavy atom. The van der Waals surface area contributed by atoms with Gasteiger partial charge in [0.15, 0.2) is 5.76 Å². The van der Waals surface area contributed by atoms with Gasteiger partial charge in [-0.3, -0.25) is 9.59 Å². The highest BCUT2D eigenvalue weighted by Crippen LogP contribution is 2.10. The van der Waals surface area contributed by atoms with E-state index in [1.807, 2.05) is 13.8 Å². The van der Waals surface area contributed by atoms with Crippen LogP contribution in [0, 0.1) is 5.92 Å². The van der Waals surface area contributed by atoms with E-state index in [2.05, 4.69) is 5.32 Å². The first-order valence-corrected chi connectivity index (χ1v) is 6.80. The molecule has 110 valence electrons. The molecule has 0 aliphatic carbocycles. The Morgan fingerprint density at radius 2 is 2.00 bits per heavy atom. The second kappa shape index (κ2) is 6.56. The number of hydrogen-bond donors (Lipinski definition) is 1. The third-order valence-electron chi connectivity index (χ3n) is 3.29. The molecule has 2 amide bonds. The van der Waals surface area contributed by atoms with Crippen LogP contribution in [0.3, 0.4) is 0 Å². The predicted octanol–water partition coefficient (Wildman–Crippen LogP) is 0.893. The van der Waals surface area contributed by atoms with E-state index >= 15 is 0 Å². The predicted molar refractivity (Wildman–Crippen MR) is 72.2 cm³/mol. The van der Waals surface area contributed by atoms with Gasteiger partial charge >= 0.3 is 0 Å². The van der Waals surface area contributed by atoms with Gasteiger partial charge in [0.2, 0.25) is 5.91 Å². The maximum absolute atomic E-state index is 12.5. The zero-order chi connectivity index (χ0) is 14.5. The van der Waals surface area contributed by atoms with Crippen LogP contribution in [0.2, 0.25) is 0 Å². The minimum absolute atomic E-state index is 0.00394. The fourth-order valence-corrected chi connectivity index (χ4v) is 2.11. The number of nitrogens with one attached hydrogen (secondary N) is 1. The van der Waals surface area contributed by atoms with Crippen LogP contribution < -0.4 is 5.32 Å². The van der Waals surface area contributed by atoms with Crippen LogP contribution in [0.5, 0.6) is 0 Å². The molecule has 20 heavy (non-hydrogen) atoms. The fraction of sp³-hybridized carbons (Fsp3) is 0.571. The van der Waals surface area contributed by atoms with Crippen molar-refractivity contribution in [3.05, 3.63) is 24.2 Å². The van der Waals surface area contributed by atoms with E-state index in [0.29, 0.717) is 26.3 Å². The smallest absolute Gasteiger partial charge is 0.287 e. The topological polar surface area (TPSA) is 71.8 Å². The molecule has 1 fully saturated rings. The van der Waals surface area contributed by atoms with Crippen LogP contribution in [-0.2, 0) is 9.53 Å². The van der Waals surface area contributed by atoms with E-state index in [-0.39, 0.29) is 23.5 Å². The third-order valence-corrected chi connectivity index (χ3v) is 3.29. The Labute approximate surface area is 118 Å². The molecular weight excluding hydrogens is 260 g/mol. The Morgan fingerprint density at radius 1 is 1.30 bits per heavy atom. The molecule has 0 spiro atoms. The summed E-state index contributed by atoms with van der Waals surface area (Å²) in [7, 11) is 0. The van der Waals surface area contributed by atoms with Crippen molar-refractivity contribution in [2.75, 3.05) is 26.3 Å². The molecule has 0 unspecified atom stereocenters. The lowest BCUT2D eigenvalue weighted by atomic mass is 10.0. The lowest BCUT2D eigenvalue weighted by Crippen LogP contribution is -2.53. The van der Waals surface area contributed by atoms with Crippen molar-refractivity contribution >= 4 is 11.8 Å². The van der Waals surface area contributed by atoms with Crippen LogP contribution in [-0.4, -0.2) is 49.1 Å². The maximum atomic E-state index is 12.5. The highest BCUT2D eigenvalue weighted by Gasteiger charge is 2.30. The van der Waals surface area contributed by atoms with Gasteiger partial charge in [-0.1, -0.05) is 13.8 Å². The van der Waals surface area contributed by atoms with E-state index in [9.17, 15) is 9.59 Å². The lowest BCUT2D eigenvalue weighted by Gasteiger charge is -2.32. The van der Waals surface area contributed by atoms with Gasteiger partial charge in [0.05, 0.1) is 19.5 Å². The van der Waals surface area contributed by atoms with Gasteiger partial charge in [0.1, 0.15) is 6.04 Å². The van der Waals surface area contributed by atoms with Crippen LogP contribution in [0.1, 0.15) is 24.4 Å². The molecule has 2 heterocycles. The van der Waals surface area contributed by atoms with E-state index in [0.717, 1.165) is 0 Å². The average Bonchev–Trinajstić information content (AvgIpc) is 2.98. The number of morpholine rings is 1. The molecule has 0 bridgehead atoms. The van der Waals surface area contributed by atoms with Crippen molar-refractivity contribution in [2.45, 2.75) is 19.9 Å². The van der Waals surface area contributed by atoms with Crippen LogP contribution in [0.4, 0.5) is 0 Å². The minimum Gasteiger partial charge on any atom is -0.459 e. The van der Waals surface area contributed by atoms with Crippen LogP contribution >= 0.6 is 0 Å². The molecule has 1 saturated heterocycles. The second-order valence-electron chi connectivity index (χ2n) is 5.11. The summed E-state index contributed by atoms with van der Waals surface area (Å²) in [4.78, 5) is 26.2. The number of ether oxygens (including phenoxy) is 1. The van der Waals surface area contributed by atoms with Crippen LogP contribution in [0.15, 0.2) is 22.8 Å². The maximum Gasteiger partial charge on any atom is 0.287 e. The fourth-order valence-electron chi connectivity index (χ4n) is 2.11. The number of rotatable bonds is 4. The molecule has 1 N–H and O–H groups in total. The number of nitrogens with zero attached hydrogens (tertiary/aromatic N) is 1. The molecule has 2 rings (SSSR count).